The molecule has 1 aliphatic rings. The van der Waals surface area contributed by atoms with E-state index in [4.69, 9.17) is 11.6 Å². The molecular weight excluding hydrogens is 377 g/mol. The van der Waals surface area contributed by atoms with Crippen molar-refractivity contribution in [3.8, 4) is 5.69 Å². The third-order valence-corrected chi connectivity index (χ3v) is 5.50. The number of nitrogens with zero attached hydrogens (tertiary/aromatic N) is 2. The lowest BCUT2D eigenvalue weighted by molar-refractivity contribution is 0.102. The number of fused-ring (bicyclic) bond motifs is 1. The highest BCUT2D eigenvalue weighted by Gasteiger charge is 2.28. The van der Waals surface area contributed by atoms with Crippen molar-refractivity contribution >= 4 is 34.1 Å². The molecule has 8 heteroatoms. The first-order valence-electron chi connectivity index (χ1n) is 7.80. The summed E-state index contributed by atoms with van der Waals surface area (Å²) >= 11 is 5.95. The van der Waals surface area contributed by atoms with Crippen LogP contribution >= 0.6 is 11.6 Å². The van der Waals surface area contributed by atoms with Gasteiger partial charge in [-0.05, 0) is 42.5 Å². The average Bonchev–Trinajstić information content (AvgIpc) is 3.13. The predicted molar refractivity (Wildman–Crippen MR) is 98.5 cm³/mol. The zero-order valence-corrected chi connectivity index (χ0v) is 15.0. The Bertz CT molecular complexity index is 1030. The molecule has 3 aromatic rings. The smallest absolute Gasteiger partial charge is 0.256 e. The molecule has 0 fully saturated rings. The number of rotatable bonds is 3. The normalized spacial score (nSPS) is 15.7. The fourth-order valence-corrected chi connectivity index (χ4v) is 4.29. The molecular formula is C18H13ClFN3O2S. The Morgan fingerprint density at radius 1 is 1.19 bits per heavy atom. The number of benzene rings is 2. The summed E-state index contributed by atoms with van der Waals surface area (Å²) in [7, 11) is -1.04. The lowest BCUT2D eigenvalue weighted by Gasteiger charge is -2.11. The van der Waals surface area contributed by atoms with Gasteiger partial charge in [-0.3, -0.25) is 9.00 Å². The molecule has 132 valence electrons. The third kappa shape index (κ3) is 3.15. The summed E-state index contributed by atoms with van der Waals surface area (Å²) in [5.74, 6) is 0.392. The maximum Gasteiger partial charge on any atom is 0.256 e. The van der Waals surface area contributed by atoms with Gasteiger partial charge >= 0.3 is 0 Å². The summed E-state index contributed by atoms with van der Waals surface area (Å²) in [6, 6.07) is 12.4. The van der Waals surface area contributed by atoms with Crippen LogP contribution in [0.5, 0.6) is 0 Å². The van der Waals surface area contributed by atoms with E-state index in [0.717, 1.165) is 5.56 Å². The predicted octanol–water partition coefficient (Wildman–Crippen LogP) is 3.68. The molecule has 0 spiro atoms. The first-order valence-corrected chi connectivity index (χ1v) is 9.66. The van der Waals surface area contributed by atoms with Gasteiger partial charge in [-0.15, -0.1) is 0 Å². The molecule has 1 atom stereocenters. The van der Waals surface area contributed by atoms with Gasteiger partial charge in [0.2, 0.25) is 0 Å². The monoisotopic (exact) mass is 389 g/mol. The molecule has 0 aliphatic carbocycles. The SMILES string of the molecule is O=C(Nc1c2c(nn1-c1ccc(F)cc1)C[S@](=O)C2)c1cccc(Cl)c1. The van der Waals surface area contributed by atoms with Crippen molar-refractivity contribution in [2.45, 2.75) is 11.5 Å². The Morgan fingerprint density at radius 3 is 2.69 bits per heavy atom. The lowest BCUT2D eigenvalue weighted by Crippen LogP contribution is -2.16. The molecule has 2 aromatic carbocycles. The van der Waals surface area contributed by atoms with E-state index < -0.39 is 10.8 Å². The van der Waals surface area contributed by atoms with Crippen LogP contribution in [0.1, 0.15) is 21.6 Å². The minimum Gasteiger partial charge on any atom is -0.306 e. The number of anilines is 1. The zero-order valence-electron chi connectivity index (χ0n) is 13.4. The first kappa shape index (κ1) is 16.9. The molecule has 0 saturated carbocycles. The van der Waals surface area contributed by atoms with E-state index in [9.17, 15) is 13.4 Å². The molecule has 0 saturated heterocycles. The summed E-state index contributed by atoms with van der Waals surface area (Å²) in [5, 5.41) is 7.76. The molecule has 5 nitrogen and oxygen atoms in total. The van der Waals surface area contributed by atoms with E-state index in [2.05, 4.69) is 10.4 Å². The Kier molecular flexibility index (Phi) is 4.34. The molecule has 4 rings (SSSR count). The average molecular weight is 390 g/mol. The van der Waals surface area contributed by atoms with Crippen molar-refractivity contribution in [1.82, 2.24) is 9.78 Å². The van der Waals surface area contributed by atoms with Crippen LogP contribution in [0.3, 0.4) is 0 Å². The molecule has 0 bridgehead atoms. The molecule has 1 aliphatic heterocycles. The van der Waals surface area contributed by atoms with Crippen LogP contribution in [0.15, 0.2) is 48.5 Å². The maximum atomic E-state index is 13.2. The van der Waals surface area contributed by atoms with Crippen LogP contribution < -0.4 is 5.32 Å². The van der Waals surface area contributed by atoms with Gasteiger partial charge in [0.05, 0.1) is 22.9 Å². The van der Waals surface area contributed by atoms with Crippen LogP contribution in [0, 0.1) is 5.82 Å². The number of carbonyl (C=O) groups excluding carboxylic acids is 1. The first-order chi connectivity index (χ1) is 12.5. The number of carbonyl (C=O) groups is 1. The fourth-order valence-electron chi connectivity index (χ4n) is 2.83. The van der Waals surface area contributed by atoms with Crippen LogP contribution in [0.25, 0.3) is 5.69 Å². The highest BCUT2D eigenvalue weighted by atomic mass is 35.5. The minimum atomic E-state index is -1.04. The van der Waals surface area contributed by atoms with E-state index in [1.54, 1.807) is 41.1 Å². The molecule has 1 N–H and O–H groups in total. The highest BCUT2D eigenvalue weighted by Crippen LogP contribution is 2.31. The summed E-state index contributed by atoms with van der Waals surface area (Å²) in [5.41, 5.74) is 2.42. The van der Waals surface area contributed by atoms with E-state index in [1.807, 2.05) is 0 Å². The molecule has 26 heavy (non-hydrogen) atoms. The number of amides is 1. The van der Waals surface area contributed by atoms with Crippen molar-refractivity contribution in [1.29, 1.82) is 0 Å². The number of hydrogen-bond acceptors (Lipinski definition) is 3. The minimum absolute atomic E-state index is 0.321. The van der Waals surface area contributed by atoms with Crippen molar-refractivity contribution in [3.05, 3.63) is 76.2 Å². The standard InChI is InChI=1S/C18H13ClFN3O2S/c19-12-3-1-2-11(8-12)18(24)21-17-15-9-26(25)10-16(15)22-23(17)14-6-4-13(20)5-7-14/h1-8H,9-10H2,(H,21,24)/t26-/m1/s1. The molecule has 1 aromatic heterocycles. The molecule has 0 radical (unpaired) electrons. The van der Waals surface area contributed by atoms with Crippen molar-refractivity contribution in [2.24, 2.45) is 0 Å². The van der Waals surface area contributed by atoms with Gasteiger partial charge in [-0.25, -0.2) is 9.07 Å². The van der Waals surface area contributed by atoms with Gasteiger partial charge in [0.25, 0.3) is 5.91 Å². The van der Waals surface area contributed by atoms with E-state index in [1.165, 1.54) is 12.1 Å². The van der Waals surface area contributed by atoms with Crippen molar-refractivity contribution < 1.29 is 13.4 Å². The number of nitrogens with one attached hydrogen (secondary N) is 1. The number of halogens is 2. The van der Waals surface area contributed by atoms with Gasteiger partial charge in [-0.2, -0.15) is 5.10 Å². The quantitative estimate of drug-likeness (QED) is 0.743. The third-order valence-electron chi connectivity index (χ3n) is 4.06. The molecule has 1 amide bonds. The summed E-state index contributed by atoms with van der Waals surface area (Å²) in [6.07, 6.45) is 0. The Labute approximate surface area is 156 Å². The number of aromatic nitrogens is 2. The van der Waals surface area contributed by atoms with E-state index in [0.29, 0.717) is 39.3 Å². The second kappa shape index (κ2) is 6.66. The molecule has 2 heterocycles. The van der Waals surface area contributed by atoms with Crippen LogP contribution in [0.4, 0.5) is 10.2 Å². The summed E-state index contributed by atoms with van der Waals surface area (Å²) in [4.78, 5) is 12.6. The van der Waals surface area contributed by atoms with Crippen LogP contribution in [-0.4, -0.2) is 19.9 Å². The van der Waals surface area contributed by atoms with Crippen LogP contribution in [-0.2, 0) is 22.3 Å². The Morgan fingerprint density at radius 2 is 1.96 bits per heavy atom. The Hall–Kier alpha value is -2.51. The highest BCUT2D eigenvalue weighted by molar-refractivity contribution is 7.83. The van der Waals surface area contributed by atoms with E-state index in [-0.39, 0.29) is 11.7 Å². The van der Waals surface area contributed by atoms with Gasteiger partial charge in [0.1, 0.15) is 11.6 Å². The molecule has 0 unspecified atom stereocenters. The fraction of sp³-hybridized carbons (Fsp3) is 0.111. The van der Waals surface area contributed by atoms with Gasteiger partial charge < -0.3 is 5.32 Å². The second-order valence-electron chi connectivity index (χ2n) is 5.86. The largest absolute Gasteiger partial charge is 0.306 e. The summed E-state index contributed by atoms with van der Waals surface area (Å²) < 4.78 is 26.7. The topological polar surface area (TPSA) is 64.0 Å². The van der Waals surface area contributed by atoms with Gasteiger partial charge in [-0.1, -0.05) is 17.7 Å². The number of hydrogen-bond donors (Lipinski definition) is 1. The van der Waals surface area contributed by atoms with Gasteiger partial charge in [0, 0.05) is 26.9 Å². The van der Waals surface area contributed by atoms with Crippen molar-refractivity contribution in [2.75, 3.05) is 5.32 Å². The zero-order chi connectivity index (χ0) is 18.3. The lowest BCUT2D eigenvalue weighted by atomic mass is 10.2. The van der Waals surface area contributed by atoms with Gasteiger partial charge in [0.15, 0.2) is 0 Å². The maximum absolute atomic E-state index is 13.2. The van der Waals surface area contributed by atoms with Crippen LogP contribution in [0.2, 0.25) is 5.02 Å². The summed E-state index contributed by atoms with van der Waals surface area (Å²) in [6.45, 7) is 0. The Balaban J connectivity index is 1.75. The second-order valence-corrected chi connectivity index (χ2v) is 7.75. The van der Waals surface area contributed by atoms with Crippen molar-refractivity contribution in [3.63, 3.8) is 0 Å². The van der Waals surface area contributed by atoms with E-state index >= 15 is 0 Å².